The van der Waals surface area contributed by atoms with E-state index in [1.54, 1.807) is 6.92 Å². The molecule has 0 saturated carbocycles. The largest absolute Gasteiger partial charge is 0.267 e. The van der Waals surface area contributed by atoms with E-state index in [1.807, 2.05) is 43.3 Å². The molecule has 0 amide bonds. The van der Waals surface area contributed by atoms with Crippen LogP contribution in [0, 0.1) is 0 Å². The van der Waals surface area contributed by atoms with Gasteiger partial charge in [-0.2, -0.15) is 8.42 Å². The van der Waals surface area contributed by atoms with Crippen LogP contribution in [0.4, 0.5) is 0 Å². The molecular formula is C14H17NO3S. The van der Waals surface area contributed by atoms with E-state index in [-0.39, 0.29) is 5.92 Å². The van der Waals surface area contributed by atoms with Crippen LogP contribution in [0.5, 0.6) is 0 Å². The molecule has 0 aliphatic carbocycles. The van der Waals surface area contributed by atoms with Crippen molar-refractivity contribution in [3.63, 3.8) is 0 Å². The summed E-state index contributed by atoms with van der Waals surface area (Å²) < 4.78 is 27.3. The van der Waals surface area contributed by atoms with Gasteiger partial charge in [0.05, 0.1) is 17.9 Å². The maximum absolute atomic E-state index is 11.1. The van der Waals surface area contributed by atoms with Crippen LogP contribution in [0.3, 0.4) is 0 Å². The van der Waals surface area contributed by atoms with E-state index < -0.39 is 16.2 Å². The number of hydrogen-bond donors (Lipinski definition) is 0. The Hall–Kier alpha value is -1.46. The van der Waals surface area contributed by atoms with Gasteiger partial charge in [0, 0.05) is 17.0 Å². The minimum absolute atomic E-state index is 0.0978. The normalized spacial score (nSPS) is 15.3. The van der Waals surface area contributed by atoms with Gasteiger partial charge in [-0.25, -0.2) is 0 Å². The summed E-state index contributed by atoms with van der Waals surface area (Å²) in [5.74, 6) is -0.0978. The molecule has 1 aromatic carbocycles. The molecule has 2 atom stereocenters. The lowest BCUT2D eigenvalue weighted by molar-refractivity contribution is 0.203. The molecule has 0 aliphatic heterocycles. The average Bonchev–Trinajstić information content (AvgIpc) is 2.35. The second-order valence-corrected chi connectivity index (χ2v) is 6.32. The van der Waals surface area contributed by atoms with Gasteiger partial charge in [-0.1, -0.05) is 31.2 Å². The van der Waals surface area contributed by atoms with Gasteiger partial charge >= 0.3 is 0 Å². The zero-order valence-electron chi connectivity index (χ0n) is 11.2. The predicted molar refractivity (Wildman–Crippen MR) is 75.5 cm³/mol. The standard InChI is InChI=1S/C14H17NO3S/c1-10(11(2)18-19(3,16)17)13-9-8-12-6-4-5-7-14(12)15-13/h4-11H,1-3H3/t10-,11-/m0/s1. The molecule has 0 fully saturated rings. The molecule has 0 bridgehead atoms. The van der Waals surface area contributed by atoms with Gasteiger partial charge in [0.1, 0.15) is 0 Å². The van der Waals surface area contributed by atoms with Crippen LogP contribution in [0.2, 0.25) is 0 Å². The summed E-state index contributed by atoms with van der Waals surface area (Å²) in [6.07, 6.45) is 0.619. The van der Waals surface area contributed by atoms with Crippen LogP contribution in [0.1, 0.15) is 25.5 Å². The maximum atomic E-state index is 11.1. The number of fused-ring (bicyclic) bond motifs is 1. The molecule has 0 N–H and O–H groups in total. The molecular weight excluding hydrogens is 262 g/mol. The predicted octanol–water partition coefficient (Wildman–Crippen LogP) is 2.70. The van der Waals surface area contributed by atoms with Crippen LogP contribution < -0.4 is 0 Å². The molecule has 2 rings (SSSR count). The van der Waals surface area contributed by atoms with Crippen molar-refractivity contribution in [2.45, 2.75) is 25.9 Å². The van der Waals surface area contributed by atoms with E-state index in [0.29, 0.717) is 0 Å². The van der Waals surface area contributed by atoms with Gasteiger partial charge in [-0.15, -0.1) is 0 Å². The SMILES string of the molecule is C[C@H](OS(C)(=O)=O)[C@H](C)c1ccc2ccccc2n1. The van der Waals surface area contributed by atoms with Crippen LogP contribution in [-0.4, -0.2) is 25.8 Å². The first-order valence-electron chi connectivity index (χ1n) is 6.11. The second kappa shape index (κ2) is 5.27. The van der Waals surface area contributed by atoms with Crippen molar-refractivity contribution in [1.82, 2.24) is 4.98 Å². The number of pyridine rings is 1. The molecule has 4 nitrogen and oxygen atoms in total. The molecule has 2 aromatic rings. The third-order valence-corrected chi connectivity index (χ3v) is 3.77. The van der Waals surface area contributed by atoms with Crippen molar-refractivity contribution < 1.29 is 12.6 Å². The summed E-state index contributed by atoms with van der Waals surface area (Å²) in [5.41, 5.74) is 1.73. The lowest BCUT2D eigenvalue weighted by Gasteiger charge is -2.18. The highest BCUT2D eigenvalue weighted by molar-refractivity contribution is 7.86. The van der Waals surface area contributed by atoms with Gasteiger partial charge in [0.2, 0.25) is 0 Å². The number of para-hydroxylation sites is 1. The highest BCUT2D eigenvalue weighted by Crippen LogP contribution is 2.23. The first-order chi connectivity index (χ1) is 8.87. The number of rotatable bonds is 4. The van der Waals surface area contributed by atoms with E-state index in [2.05, 4.69) is 4.98 Å². The van der Waals surface area contributed by atoms with Gasteiger partial charge in [0.15, 0.2) is 0 Å². The Morgan fingerprint density at radius 2 is 1.79 bits per heavy atom. The Kier molecular flexibility index (Phi) is 3.87. The van der Waals surface area contributed by atoms with Crippen molar-refractivity contribution in [2.75, 3.05) is 6.26 Å². The molecule has 5 heteroatoms. The molecule has 0 radical (unpaired) electrons. The fourth-order valence-corrected chi connectivity index (χ4v) is 2.65. The Morgan fingerprint density at radius 3 is 2.47 bits per heavy atom. The van der Waals surface area contributed by atoms with Gasteiger partial charge in [0.25, 0.3) is 10.1 Å². The Labute approximate surface area is 113 Å². The molecule has 1 aromatic heterocycles. The number of aromatic nitrogens is 1. The van der Waals surface area contributed by atoms with Crippen molar-refractivity contribution in [3.8, 4) is 0 Å². The topological polar surface area (TPSA) is 56.3 Å². The number of hydrogen-bond acceptors (Lipinski definition) is 4. The monoisotopic (exact) mass is 279 g/mol. The van der Waals surface area contributed by atoms with Crippen molar-refractivity contribution in [2.24, 2.45) is 0 Å². The molecule has 0 aliphatic rings. The third kappa shape index (κ3) is 3.52. The zero-order chi connectivity index (χ0) is 14.0. The van der Waals surface area contributed by atoms with Crippen molar-refractivity contribution in [1.29, 1.82) is 0 Å². The third-order valence-electron chi connectivity index (χ3n) is 3.12. The van der Waals surface area contributed by atoms with Gasteiger partial charge in [-0.3, -0.25) is 9.17 Å². The molecule has 0 saturated heterocycles. The van der Waals surface area contributed by atoms with E-state index in [0.717, 1.165) is 22.9 Å². The molecule has 0 spiro atoms. The number of benzene rings is 1. The average molecular weight is 279 g/mol. The smallest absolute Gasteiger partial charge is 0.264 e. The highest BCUT2D eigenvalue weighted by atomic mass is 32.2. The summed E-state index contributed by atoms with van der Waals surface area (Å²) in [6.45, 7) is 3.65. The summed E-state index contributed by atoms with van der Waals surface area (Å²) in [5, 5.41) is 1.06. The highest BCUT2D eigenvalue weighted by Gasteiger charge is 2.20. The quantitative estimate of drug-likeness (QED) is 0.807. The summed E-state index contributed by atoms with van der Waals surface area (Å²) in [4.78, 5) is 4.55. The first-order valence-corrected chi connectivity index (χ1v) is 7.92. The summed E-state index contributed by atoms with van der Waals surface area (Å²) >= 11 is 0. The summed E-state index contributed by atoms with van der Waals surface area (Å²) in [6, 6.07) is 11.7. The second-order valence-electron chi connectivity index (χ2n) is 4.72. The van der Waals surface area contributed by atoms with Crippen molar-refractivity contribution in [3.05, 3.63) is 42.1 Å². The van der Waals surface area contributed by atoms with Crippen molar-refractivity contribution >= 4 is 21.0 Å². The molecule has 1 heterocycles. The van der Waals surface area contributed by atoms with E-state index in [1.165, 1.54) is 0 Å². The minimum atomic E-state index is -3.45. The van der Waals surface area contributed by atoms with Gasteiger partial charge < -0.3 is 0 Å². The fraction of sp³-hybridized carbons (Fsp3) is 0.357. The lowest BCUT2D eigenvalue weighted by Crippen LogP contribution is -2.21. The fourth-order valence-electron chi connectivity index (χ4n) is 1.93. The van der Waals surface area contributed by atoms with Crippen LogP contribution in [0.25, 0.3) is 10.9 Å². The van der Waals surface area contributed by atoms with Gasteiger partial charge in [-0.05, 0) is 19.1 Å². The van der Waals surface area contributed by atoms with Crippen LogP contribution >= 0.6 is 0 Å². The zero-order valence-corrected chi connectivity index (χ0v) is 12.0. The van der Waals surface area contributed by atoms with E-state index in [9.17, 15) is 8.42 Å². The lowest BCUT2D eigenvalue weighted by atomic mass is 10.0. The number of nitrogens with zero attached hydrogens (tertiary/aromatic N) is 1. The Balaban J connectivity index is 2.28. The maximum Gasteiger partial charge on any atom is 0.264 e. The Morgan fingerprint density at radius 1 is 1.11 bits per heavy atom. The first kappa shape index (κ1) is 14.0. The van der Waals surface area contributed by atoms with E-state index >= 15 is 0 Å². The molecule has 19 heavy (non-hydrogen) atoms. The molecule has 102 valence electrons. The van der Waals surface area contributed by atoms with Crippen LogP contribution in [0.15, 0.2) is 36.4 Å². The Bertz CT molecular complexity index is 682. The molecule has 0 unspecified atom stereocenters. The van der Waals surface area contributed by atoms with Crippen LogP contribution in [-0.2, 0) is 14.3 Å². The van der Waals surface area contributed by atoms with E-state index in [4.69, 9.17) is 4.18 Å². The minimum Gasteiger partial charge on any atom is -0.267 e. The summed E-state index contributed by atoms with van der Waals surface area (Å²) in [7, 11) is -3.45.